The molecule has 1 aliphatic rings. The Morgan fingerprint density at radius 1 is 1.05 bits per heavy atom. The van der Waals surface area contributed by atoms with Crippen molar-refractivity contribution in [3.05, 3.63) is 24.3 Å². The number of para-hydroxylation sites is 2. The zero-order valence-electron chi connectivity index (χ0n) is 12.0. The Morgan fingerprint density at radius 2 is 1.57 bits per heavy atom. The van der Waals surface area contributed by atoms with Gasteiger partial charge >= 0.3 is 11.9 Å². The Hall–Kier alpha value is -2.57. The summed E-state index contributed by atoms with van der Waals surface area (Å²) in [6, 6.07) is 4.92. The maximum atomic E-state index is 12.1. The van der Waals surface area contributed by atoms with Gasteiger partial charge in [0.1, 0.15) is 0 Å². The number of nitrogens with zero attached hydrogens (tertiary/aromatic N) is 2. The predicted molar refractivity (Wildman–Crippen MR) is 75.0 cm³/mol. The molecule has 0 bridgehead atoms. The van der Waals surface area contributed by atoms with Gasteiger partial charge in [-0.3, -0.25) is 9.69 Å². The molecule has 0 fully saturated rings. The van der Waals surface area contributed by atoms with E-state index in [4.69, 9.17) is 9.47 Å². The second kappa shape index (κ2) is 5.82. The molecule has 21 heavy (non-hydrogen) atoms. The number of methoxy groups -OCH3 is 2. The van der Waals surface area contributed by atoms with Crippen LogP contribution in [0.2, 0.25) is 0 Å². The molecule has 1 heterocycles. The van der Waals surface area contributed by atoms with Gasteiger partial charge < -0.3 is 14.4 Å². The van der Waals surface area contributed by atoms with Gasteiger partial charge in [0.2, 0.25) is 6.41 Å². The van der Waals surface area contributed by atoms with Gasteiger partial charge in [-0.2, -0.15) is 0 Å². The molecule has 112 valence electrons. The lowest BCUT2D eigenvalue weighted by Gasteiger charge is -2.43. The fourth-order valence-corrected chi connectivity index (χ4v) is 2.54. The summed E-state index contributed by atoms with van der Waals surface area (Å²) in [6.45, 7) is 0. The monoisotopic (exact) mass is 292 g/mol. The van der Waals surface area contributed by atoms with E-state index in [1.165, 1.54) is 19.1 Å². The number of hydrogen-bond acceptors (Lipinski definition) is 6. The minimum atomic E-state index is -1.10. The minimum Gasteiger partial charge on any atom is -0.467 e. The fourth-order valence-electron chi connectivity index (χ4n) is 2.54. The Bertz CT molecular complexity index is 574. The van der Waals surface area contributed by atoms with Gasteiger partial charge in [0.25, 0.3) is 0 Å². The highest BCUT2D eigenvalue weighted by molar-refractivity contribution is 6.01. The smallest absolute Gasteiger partial charge is 0.331 e. The number of likely N-dealkylation sites (N-methyl/N-ethyl adjacent to an activating group) is 1. The van der Waals surface area contributed by atoms with Gasteiger partial charge in [0, 0.05) is 7.05 Å². The summed E-state index contributed by atoms with van der Waals surface area (Å²) >= 11 is 0. The second-order valence-electron chi connectivity index (χ2n) is 4.55. The third kappa shape index (κ3) is 2.31. The van der Waals surface area contributed by atoms with Crippen molar-refractivity contribution in [1.82, 2.24) is 0 Å². The van der Waals surface area contributed by atoms with Crippen molar-refractivity contribution in [2.75, 3.05) is 31.1 Å². The molecule has 1 amide bonds. The molecule has 0 spiro atoms. The fraction of sp³-hybridized carbons (Fsp3) is 0.357. The summed E-state index contributed by atoms with van der Waals surface area (Å²) in [5.74, 6) is -1.30. The molecule has 0 aliphatic carbocycles. The van der Waals surface area contributed by atoms with Crippen molar-refractivity contribution < 1.29 is 23.9 Å². The van der Waals surface area contributed by atoms with Crippen molar-refractivity contribution in [1.29, 1.82) is 0 Å². The van der Waals surface area contributed by atoms with Crippen LogP contribution in [0.4, 0.5) is 11.4 Å². The number of rotatable bonds is 3. The van der Waals surface area contributed by atoms with Crippen molar-refractivity contribution >= 4 is 29.7 Å². The molecule has 2 rings (SSSR count). The lowest BCUT2D eigenvalue weighted by Crippen LogP contribution is -2.62. The van der Waals surface area contributed by atoms with Gasteiger partial charge in [0.05, 0.1) is 25.6 Å². The van der Waals surface area contributed by atoms with Crippen LogP contribution < -0.4 is 9.80 Å². The van der Waals surface area contributed by atoms with Crippen LogP contribution in [-0.4, -0.2) is 51.7 Å². The number of anilines is 2. The van der Waals surface area contributed by atoms with E-state index in [0.717, 1.165) is 0 Å². The van der Waals surface area contributed by atoms with E-state index in [2.05, 4.69) is 0 Å². The molecular weight excluding hydrogens is 276 g/mol. The molecule has 1 aliphatic heterocycles. The molecule has 0 aromatic heterocycles. The van der Waals surface area contributed by atoms with Crippen molar-refractivity contribution in [3.8, 4) is 0 Å². The number of ether oxygens (including phenoxy) is 2. The number of benzene rings is 1. The van der Waals surface area contributed by atoms with Crippen molar-refractivity contribution in [2.24, 2.45) is 0 Å². The number of esters is 2. The summed E-state index contributed by atoms with van der Waals surface area (Å²) in [5, 5.41) is 0. The maximum Gasteiger partial charge on any atom is 0.331 e. The Labute approximate surface area is 122 Å². The molecule has 1 aromatic carbocycles. The molecular formula is C14H16N2O5. The topological polar surface area (TPSA) is 76.2 Å². The quantitative estimate of drug-likeness (QED) is 0.584. The largest absolute Gasteiger partial charge is 0.467 e. The zero-order valence-corrected chi connectivity index (χ0v) is 12.0. The van der Waals surface area contributed by atoms with E-state index in [0.29, 0.717) is 17.8 Å². The van der Waals surface area contributed by atoms with E-state index in [-0.39, 0.29) is 0 Å². The molecule has 0 N–H and O–H groups in total. The average molecular weight is 292 g/mol. The highest BCUT2D eigenvalue weighted by Crippen LogP contribution is 2.37. The van der Waals surface area contributed by atoms with Crippen LogP contribution in [0.3, 0.4) is 0 Å². The van der Waals surface area contributed by atoms with E-state index in [9.17, 15) is 14.4 Å². The van der Waals surface area contributed by atoms with E-state index in [1.54, 1.807) is 36.2 Å². The summed E-state index contributed by atoms with van der Waals surface area (Å²) in [7, 11) is 4.11. The van der Waals surface area contributed by atoms with Crippen molar-refractivity contribution in [3.63, 3.8) is 0 Å². The van der Waals surface area contributed by atoms with Crippen LogP contribution in [0.25, 0.3) is 0 Å². The van der Waals surface area contributed by atoms with Gasteiger partial charge in [-0.15, -0.1) is 0 Å². The molecule has 0 unspecified atom stereocenters. The number of hydrogen-bond donors (Lipinski definition) is 0. The molecule has 0 saturated heterocycles. The van der Waals surface area contributed by atoms with E-state index in [1.807, 2.05) is 0 Å². The molecule has 0 radical (unpaired) electrons. The first kappa shape index (κ1) is 14.8. The second-order valence-corrected chi connectivity index (χ2v) is 4.55. The summed E-state index contributed by atoms with van der Waals surface area (Å²) in [5.41, 5.74) is 1.19. The van der Waals surface area contributed by atoms with Crippen LogP contribution in [-0.2, 0) is 23.9 Å². The predicted octanol–water partition coefficient (Wildman–Crippen LogP) is 0.182. The van der Waals surface area contributed by atoms with E-state index < -0.39 is 24.0 Å². The van der Waals surface area contributed by atoms with Gasteiger partial charge in [0.15, 0.2) is 12.1 Å². The summed E-state index contributed by atoms with van der Waals surface area (Å²) < 4.78 is 9.50. The molecule has 0 saturated carbocycles. The van der Waals surface area contributed by atoms with Crippen molar-refractivity contribution in [2.45, 2.75) is 12.1 Å². The standard InChI is InChI=1S/C14H16N2O5/c1-15-9-6-4-5-7-10(9)16(8-17)12(14(19)21-3)11(15)13(18)20-2/h4-8,11-12H,1-3H3/t11-,12+/m1/s1. The van der Waals surface area contributed by atoms with Crippen LogP contribution >= 0.6 is 0 Å². The molecule has 2 atom stereocenters. The third-order valence-electron chi connectivity index (χ3n) is 3.55. The average Bonchev–Trinajstić information content (AvgIpc) is 2.53. The van der Waals surface area contributed by atoms with Gasteiger partial charge in [-0.25, -0.2) is 9.59 Å². The maximum absolute atomic E-state index is 12.1. The Balaban J connectivity index is 2.61. The van der Waals surface area contributed by atoms with Crippen LogP contribution in [0, 0.1) is 0 Å². The number of carbonyl (C=O) groups is 3. The normalized spacial score (nSPS) is 20.5. The van der Waals surface area contributed by atoms with Crippen LogP contribution in [0.1, 0.15) is 0 Å². The zero-order chi connectivity index (χ0) is 15.6. The van der Waals surface area contributed by atoms with Gasteiger partial charge in [-0.05, 0) is 12.1 Å². The Morgan fingerprint density at radius 3 is 2.10 bits per heavy atom. The summed E-state index contributed by atoms with van der Waals surface area (Å²) in [4.78, 5) is 38.4. The lowest BCUT2D eigenvalue weighted by molar-refractivity contribution is -0.150. The van der Waals surface area contributed by atoms with Crippen LogP contribution in [0.5, 0.6) is 0 Å². The highest BCUT2D eigenvalue weighted by Gasteiger charge is 2.47. The highest BCUT2D eigenvalue weighted by atomic mass is 16.5. The van der Waals surface area contributed by atoms with Crippen LogP contribution in [0.15, 0.2) is 24.3 Å². The molecule has 7 heteroatoms. The first-order valence-corrected chi connectivity index (χ1v) is 6.28. The first-order valence-electron chi connectivity index (χ1n) is 6.28. The number of amides is 1. The molecule has 7 nitrogen and oxygen atoms in total. The lowest BCUT2D eigenvalue weighted by atomic mass is 9.99. The molecule has 1 aromatic rings. The van der Waals surface area contributed by atoms with Gasteiger partial charge in [-0.1, -0.05) is 12.1 Å². The minimum absolute atomic E-state index is 0.517. The third-order valence-corrected chi connectivity index (χ3v) is 3.55. The summed E-state index contributed by atoms with van der Waals surface area (Å²) in [6.07, 6.45) is 0.517. The first-order chi connectivity index (χ1) is 10.1. The number of fused-ring (bicyclic) bond motifs is 1. The Kier molecular flexibility index (Phi) is 4.11. The SMILES string of the molecule is COC(=O)[C@@H]1[C@H](C(=O)OC)N(C)c2ccccc2N1C=O. The van der Waals surface area contributed by atoms with E-state index >= 15 is 0 Å². The number of carbonyl (C=O) groups excluding carboxylic acids is 3.